The van der Waals surface area contributed by atoms with Gasteiger partial charge >= 0.3 is 0 Å². The Morgan fingerprint density at radius 3 is 0.467 bits per heavy atom. The number of hydrogen-bond donors (Lipinski definition) is 5. The van der Waals surface area contributed by atoms with E-state index in [1.165, 1.54) is 101 Å². The van der Waals surface area contributed by atoms with Gasteiger partial charge in [0.25, 0.3) is 0 Å². The Labute approximate surface area is 735 Å². The summed E-state index contributed by atoms with van der Waals surface area (Å²) in [5.41, 5.74) is -6.47. The number of Topliss-reactive ketones (excluding diaryl/α,β-unsaturated/α-hetero) is 12. The Balaban J connectivity index is 0.000000557. The molecule has 0 radical (unpaired) electrons. The summed E-state index contributed by atoms with van der Waals surface area (Å²) < 4.78 is 0. The third-order valence-corrected chi connectivity index (χ3v) is 29.8. The van der Waals surface area contributed by atoms with E-state index in [1.807, 2.05) is 0 Å². The van der Waals surface area contributed by atoms with Crippen molar-refractivity contribution >= 4 is 116 Å². The molecule has 12 bridgehead atoms. The molecule has 12 aliphatic carbocycles. The van der Waals surface area contributed by atoms with E-state index in [-0.39, 0.29) is 274 Å². The molecule has 0 heterocycles. The Morgan fingerprint density at radius 1 is 0.213 bits per heavy atom. The Kier molecular flexibility index (Phi) is 42.2. The lowest BCUT2D eigenvalue weighted by Gasteiger charge is -2.56. The van der Waals surface area contributed by atoms with E-state index in [1.54, 1.807) is 20.8 Å². The van der Waals surface area contributed by atoms with Gasteiger partial charge in [-0.05, 0) is 360 Å². The summed E-state index contributed by atoms with van der Waals surface area (Å²) in [6.07, 6.45) is 23.2. The minimum atomic E-state index is -1.42. The topological polar surface area (TPSA) is 367 Å². The maximum atomic E-state index is 15.4. The first-order valence-corrected chi connectivity index (χ1v) is 45.8. The normalized spacial score (nSPS) is 24.7. The van der Waals surface area contributed by atoms with Crippen LogP contribution < -0.4 is 26.6 Å². The lowest BCUT2D eigenvalue weighted by atomic mass is 9.49. The van der Waals surface area contributed by atoms with Gasteiger partial charge in [-0.2, -0.15) is 0 Å². The molecule has 690 valence electrons. The number of rotatable bonds is 53. The molecule has 23 nitrogen and oxygen atoms in total. The van der Waals surface area contributed by atoms with Crippen molar-refractivity contribution in [2.75, 3.05) is 0 Å². The number of amides is 5. The number of carbonyl (C=O) groups is 18. The van der Waals surface area contributed by atoms with E-state index in [0.29, 0.717) is 93.3 Å². The highest BCUT2D eigenvalue weighted by Gasteiger charge is 2.59. The molecule has 12 fully saturated rings. The molecule has 0 aromatic heterocycles. The van der Waals surface area contributed by atoms with Crippen molar-refractivity contribution in [3.63, 3.8) is 0 Å². The second-order valence-corrected chi connectivity index (χ2v) is 41.1. The zero-order chi connectivity index (χ0) is 88.1. The number of carbonyl (C=O) groups excluding carboxylic acids is 18. The Hall–Kier alpha value is -6.65. The average molecular weight is 1730 g/mol. The van der Waals surface area contributed by atoms with Gasteiger partial charge in [-0.1, -0.05) is 22.3 Å². The minimum absolute atomic E-state index is 0. The quantitative estimate of drug-likeness (QED) is 0.0353. The molecule has 0 aromatic rings. The highest BCUT2D eigenvalue weighted by Crippen LogP contribution is 2.63. The van der Waals surface area contributed by atoms with Crippen LogP contribution in [0.4, 0.5) is 0 Å². The fraction of sp³-hybridized carbons (Fsp3) is 0.816. The summed E-state index contributed by atoms with van der Waals surface area (Å²) in [6, 6.07) is 0. The van der Waals surface area contributed by atoms with Gasteiger partial charge in [-0.25, -0.2) is 0 Å². The highest BCUT2D eigenvalue weighted by molar-refractivity contribution is 6.64. The summed E-state index contributed by atoms with van der Waals surface area (Å²) in [5.74, 6) is 3.01. The van der Waals surface area contributed by atoms with Gasteiger partial charge in [0.2, 0.25) is 34.8 Å². The lowest BCUT2D eigenvalue weighted by molar-refractivity contribution is -0.149. The molecule has 0 spiro atoms. The van der Waals surface area contributed by atoms with Crippen molar-refractivity contribution in [1.82, 2.24) is 26.6 Å². The summed E-state index contributed by atoms with van der Waals surface area (Å²) in [5, 5.41) is 16.1. The third kappa shape index (κ3) is 33.3. The van der Waals surface area contributed by atoms with Crippen LogP contribution in [-0.4, -0.2) is 132 Å². The van der Waals surface area contributed by atoms with Crippen LogP contribution in [0.1, 0.15) is 414 Å². The first-order chi connectivity index (χ1) is 55.7. The van der Waals surface area contributed by atoms with E-state index in [4.69, 9.17) is 11.6 Å². The van der Waals surface area contributed by atoms with E-state index in [0.717, 1.165) is 75.5 Å². The smallest absolute Gasteiger partial charge is 0.227 e. The molecule has 5 N–H and O–H groups in total. The van der Waals surface area contributed by atoms with Gasteiger partial charge in [0.15, 0.2) is 0 Å². The molecule has 0 aliphatic heterocycles. The van der Waals surface area contributed by atoms with Crippen LogP contribution in [0.5, 0.6) is 0 Å². The standard InChI is InChI=1S/C60H94N4O13.C24H37NO4.C11H15ClO.3CH4/c1-40(65)10-22-57(23-11-41(2)66,24-12-42(3)67)61-52(74)19-31-60(64-55(77)56-37-49-34-50(38-56)36-51(35-49)39-56,32-20-53(75)62-58(25-13-43(4)68,26-14-44(5)69)27-15-45(6)70)33-21-54(76)63-59(28-16-46(7)71,29-17-47(8)72)30-18-48(9)73;1-16(26)4-7-24(8-5-17(2)27,9-6-18(3)28)25-22(29)23-13-19-10-20(14-23)12-21(11-19)15-23;12-10(13)11-4-7-1-8(5-11)3-9(2-7)6-11;;;/h49-51H,10-39H2,1-9H3,(H,61,74)(H,62,75)(H,63,76)(H,64,77);19-21H,4-15H2,1-3H3,(H,25,29);7-9H,1-6H2;3*1H4. The summed E-state index contributed by atoms with van der Waals surface area (Å²) >= 11 is 5.76. The van der Waals surface area contributed by atoms with Gasteiger partial charge < -0.3 is 84.1 Å². The molecule has 122 heavy (non-hydrogen) atoms. The molecule has 0 atom stereocenters. The van der Waals surface area contributed by atoms with Crippen molar-refractivity contribution in [3.8, 4) is 0 Å². The van der Waals surface area contributed by atoms with Crippen molar-refractivity contribution in [2.24, 2.45) is 69.5 Å². The monoisotopic (exact) mass is 1730 g/mol. The maximum Gasteiger partial charge on any atom is 0.227 e. The van der Waals surface area contributed by atoms with Gasteiger partial charge in [-0.15, -0.1) is 0 Å². The summed E-state index contributed by atoms with van der Waals surface area (Å²) in [6.45, 7) is 17.5. The molecule has 5 amide bonds. The van der Waals surface area contributed by atoms with Gasteiger partial charge in [0.1, 0.15) is 69.4 Å². The minimum Gasteiger partial charge on any atom is -0.351 e. The molecule has 0 aromatic carbocycles. The van der Waals surface area contributed by atoms with Crippen LogP contribution >= 0.6 is 11.6 Å². The van der Waals surface area contributed by atoms with Crippen molar-refractivity contribution in [2.45, 2.75) is 441 Å². The van der Waals surface area contributed by atoms with E-state index >= 15 is 4.79 Å². The van der Waals surface area contributed by atoms with E-state index < -0.39 is 50.8 Å². The van der Waals surface area contributed by atoms with Crippen LogP contribution in [0.15, 0.2) is 0 Å². The SMILES string of the molecule is C.C.C.CC(=O)CCC(CCC(C)=O)(CCC(C)=O)NC(=O)C12CC3CC(CC(C3)C1)C2.CC(=O)CCC(CCC(C)=O)(CCC(C)=O)NC(=O)CCC(CCC(=O)NC(CCC(C)=O)(CCC(C)=O)CCC(C)=O)(CCC(=O)NC(CCC(C)=O)(CCC(C)=O)CCC(C)=O)NC(=O)C12CC3CC(CC(C3)C1)C2.O=C(Cl)C12CC3CC(CC(C3)C1)C2. The van der Waals surface area contributed by atoms with Crippen LogP contribution in [0.25, 0.3) is 0 Å². The zero-order valence-corrected chi connectivity index (χ0v) is 75.1. The van der Waals surface area contributed by atoms with Crippen LogP contribution in [0, 0.1) is 69.5 Å². The molecule has 0 unspecified atom stereocenters. The summed E-state index contributed by atoms with van der Waals surface area (Å²) in [7, 11) is 0. The molecule has 12 rings (SSSR count). The molecule has 24 heteroatoms. The first-order valence-electron chi connectivity index (χ1n) is 45.4. The molecule has 0 saturated heterocycles. The van der Waals surface area contributed by atoms with Gasteiger partial charge in [-0.3, -0.25) is 28.8 Å². The van der Waals surface area contributed by atoms with Crippen LogP contribution in [0.3, 0.4) is 0 Å². The molecule has 12 aliphatic rings. The molecular weight excluding hydrogens is 1570 g/mol. The van der Waals surface area contributed by atoms with E-state index in [9.17, 15) is 81.5 Å². The highest BCUT2D eigenvalue weighted by atomic mass is 35.5. The largest absolute Gasteiger partial charge is 0.351 e. The predicted octanol–water partition coefficient (Wildman–Crippen LogP) is 17.3. The first kappa shape index (κ1) is 108. The third-order valence-electron chi connectivity index (χ3n) is 29.4. The van der Waals surface area contributed by atoms with Crippen molar-refractivity contribution in [1.29, 1.82) is 0 Å². The number of hydrogen-bond acceptors (Lipinski definition) is 18. The molecule has 12 saturated carbocycles. The zero-order valence-electron chi connectivity index (χ0n) is 74.4. The van der Waals surface area contributed by atoms with Gasteiger partial charge in [0, 0.05) is 140 Å². The fourth-order valence-corrected chi connectivity index (χ4v) is 24.0. The maximum absolute atomic E-state index is 15.4. The molecular formula is C98H158ClN5O18. The van der Waals surface area contributed by atoms with Crippen molar-refractivity contribution < 1.29 is 86.3 Å². The summed E-state index contributed by atoms with van der Waals surface area (Å²) in [4.78, 5) is 231. The lowest BCUT2D eigenvalue weighted by Crippen LogP contribution is -2.60. The van der Waals surface area contributed by atoms with Crippen LogP contribution in [0.2, 0.25) is 0 Å². The Morgan fingerprint density at radius 2 is 0.336 bits per heavy atom. The fourth-order valence-electron chi connectivity index (χ4n) is 23.8. The van der Waals surface area contributed by atoms with Gasteiger partial charge in [0.05, 0.1) is 0 Å². The van der Waals surface area contributed by atoms with Crippen LogP contribution in [-0.2, 0) is 86.3 Å². The predicted molar refractivity (Wildman–Crippen MR) is 474 cm³/mol. The average Bonchev–Trinajstić information content (AvgIpc) is 0.694. The van der Waals surface area contributed by atoms with E-state index in [2.05, 4.69) is 26.6 Å². The second-order valence-electron chi connectivity index (χ2n) is 40.7. The van der Waals surface area contributed by atoms with Crippen molar-refractivity contribution in [3.05, 3.63) is 0 Å². The number of halogens is 1. The number of ketones is 12. The Bertz CT molecular complexity index is 3260. The number of nitrogens with one attached hydrogen (secondary N) is 5. The second kappa shape index (κ2) is 47.8.